The van der Waals surface area contributed by atoms with Crippen molar-refractivity contribution in [3.8, 4) is 0 Å². The number of hydrogen-bond acceptors (Lipinski definition) is 3. The maximum atomic E-state index is 11.8. The van der Waals surface area contributed by atoms with Crippen LogP contribution in [0.3, 0.4) is 0 Å². The van der Waals surface area contributed by atoms with E-state index in [1.165, 1.54) is 24.8 Å². The molecule has 2 fully saturated rings. The van der Waals surface area contributed by atoms with Gasteiger partial charge in [-0.15, -0.1) is 0 Å². The molecule has 1 aromatic rings. The summed E-state index contributed by atoms with van der Waals surface area (Å²) in [7, 11) is 1.67. The highest BCUT2D eigenvalue weighted by atomic mass is 16.1. The number of nitrogens with zero attached hydrogens (tertiary/aromatic N) is 1. The molecule has 1 aromatic carbocycles. The summed E-state index contributed by atoms with van der Waals surface area (Å²) in [6, 6.07) is 7.84. The van der Waals surface area contributed by atoms with E-state index in [4.69, 9.17) is 0 Å². The van der Waals surface area contributed by atoms with Crippen LogP contribution in [0.4, 0.5) is 5.69 Å². The minimum absolute atomic E-state index is 0.0301. The number of carbonyl (C=O) groups is 1. The normalized spacial score (nSPS) is 25.9. The topological polar surface area (TPSA) is 44.4 Å². The molecule has 1 heterocycles. The molecule has 2 aliphatic rings. The molecule has 1 aliphatic heterocycles. The van der Waals surface area contributed by atoms with Gasteiger partial charge in [-0.2, -0.15) is 0 Å². The van der Waals surface area contributed by atoms with Crippen LogP contribution >= 0.6 is 0 Å². The zero-order valence-electron chi connectivity index (χ0n) is 13.1. The van der Waals surface area contributed by atoms with E-state index in [9.17, 15) is 4.79 Å². The Labute approximate surface area is 126 Å². The van der Waals surface area contributed by atoms with E-state index in [2.05, 4.69) is 29.4 Å². The van der Waals surface area contributed by atoms with Gasteiger partial charge in [-0.3, -0.25) is 9.69 Å². The highest BCUT2D eigenvalue weighted by Gasteiger charge is 2.38. The molecular formula is C17H25N3O. The van der Waals surface area contributed by atoms with Gasteiger partial charge in [0.1, 0.15) is 0 Å². The third-order valence-corrected chi connectivity index (χ3v) is 4.73. The molecule has 1 amide bonds. The number of nitrogens with one attached hydrogen (secondary N) is 2. The summed E-state index contributed by atoms with van der Waals surface area (Å²) in [6.07, 6.45) is 3.91. The lowest BCUT2D eigenvalue weighted by atomic mass is 10.1. The zero-order valence-corrected chi connectivity index (χ0v) is 13.1. The molecule has 4 heteroatoms. The quantitative estimate of drug-likeness (QED) is 0.894. The molecule has 0 radical (unpaired) electrons. The van der Waals surface area contributed by atoms with Gasteiger partial charge < -0.3 is 10.6 Å². The first kappa shape index (κ1) is 14.4. The van der Waals surface area contributed by atoms with Gasteiger partial charge in [0, 0.05) is 43.0 Å². The Morgan fingerprint density at radius 1 is 1.33 bits per heavy atom. The Kier molecular flexibility index (Phi) is 3.89. The molecule has 1 aliphatic carbocycles. The van der Waals surface area contributed by atoms with Crippen LogP contribution in [0.2, 0.25) is 0 Å². The van der Waals surface area contributed by atoms with E-state index in [1.807, 2.05) is 18.2 Å². The number of rotatable bonds is 4. The molecule has 1 saturated heterocycles. The number of benzene rings is 1. The first-order valence-electron chi connectivity index (χ1n) is 7.93. The van der Waals surface area contributed by atoms with Crippen LogP contribution in [0.1, 0.15) is 42.1 Å². The van der Waals surface area contributed by atoms with Crippen molar-refractivity contribution in [3.05, 3.63) is 29.3 Å². The van der Waals surface area contributed by atoms with Crippen molar-refractivity contribution in [1.82, 2.24) is 10.2 Å². The Morgan fingerprint density at radius 2 is 2.10 bits per heavy atom. The van der Waals surface area contributed by atoms with E-state index in [-0.39, 0.29) is 5.91 Å². The van der Waals surface area contributed by atoms with Crippen LogP contribution in [0, 0.1) is 6.92 Å². The predicted octanol–water partition coefficient (Wildman–Crippen LogP) is 2.39. The largest absolute Gasteiger partial charge is 0.381 e. The monoisotopic (exact) mass is 287 g/mol. The maximum absolute atomic E-state index is 11.8. The first-order valence-corrected chi connectivity index (χ1v) is 7.93. The molecule has 0 aromatic heterocycles. The number of amides is 1. The summed E-state index contributed by atoms with van der Waals surface area (Å²) < 4.78 is 0. The summed E-state index contributed by atoms with van der Waals surface area (Å²) in [5.41, 5.74) is 3.00. The summed E-state index contributed by atoms with van der Waals surface area (Å²) in [5, 5.41) is 6.33. The summed E-state index contributed by atoms with van der Waals surface area (Å²) in [6.45, 7) is 5.54. The maximum Gasteiger partial charge on any atom is 0.251 e. The van der Waals surface area contributed by atoms with Gasteiger partial charge in [-0.25, -0.2) is 0 Å². The molecule has 2 atom stereocenters. The smallest absolute Gasteiger partial charge is 0.251 e. The predicted molar refractivity (Wildman–Crippen MR) is 85.8 cm³/mol. The number of likely N-dealkylation sites (tertiary alicyclic amines) is 1. The van der Waals surface area contributed by atoms with Crippen LogP contribution < -0.4 is 10.6 Å². The van der Waals surface area contributed by atoms with Crippen LogP contribution in [0.25, 0.3) is 0 Å². The van der Waals surface area contributed by atoms with Gasteiger partial charge in [-0.1, -0.05) is 6.07 Å². The number of carbonyl (C=O) groups excluding carboxylic acids is 1. The van der Waals surface area contributed by atoms with Crippen LogP contribution in [0.5, 0.6) is 0 Å². The fourth-order valence-electron chi connectivity index (χ4n) is 3.36. The van der Waals surface area contributed by atoms with E-state index < -0.39 is 0 Å². The fraction of sp³-hybridized carbons (Fsp3) is 0.588. The molecule has 2 unspecified atom stereocenters. The average Bonchev–Trinajstić information content (AvgIpc) is 3.25. The molecule has 4 nitrogen and oxygen atoms in total. The lowest BCUT2D eigenvalue weighted by molar-refractivity contribution is 0.0963. The number of aryl methyl sites for hydroxylation is 1. The van der Waals surface area contributed by atoms with Crippen molar-refractivity contribution in [1.29, 1.82) is 0 Å². The second kappa shape index (κ2) is 5.68. The molecule has 114 valence electrons. The minimum atomic E-state index is -0.0301. The van der Waals surface area contributed by atoms with Crippen molar-refractivity contribution < 1.29 is 4.79 Å². The Balaban J connectivity index is 1.71. The summed E-state index contributed by atoms with van der Waals surface area (Å²) in [5.74, 6) is -0.0301. The number of anilines is 1. The highest BCUT2D eigenvalue weighted by molar-refractivity contribution is 5.95. The van der Waals surface area contributed by atoms with Gasteiger partial charge in [0.25, 0.3) is 5.91 Å². The third kappa shape index (κ3) is 3.05. The van der Waals surface area contributed by atoms with Crippen molar-refractivity contribution >= 4 is 11.6 Å². The summed E-state index contributed by atoms with van der Waals surface area (Å²) in [4.78, 5) is 14.4. The lowest BCUT2D eigenvalue weighted by Crippen LogP contribution is -2.31. The van der Waals surface area contributed by atoms with Gasteiger partial charge >= 0.3 is 0 Å². The second-order valence-corrected chi connectivity index (χ2v) is 6.46. The Hall–Kier alpha value is -1.55. The molecule has 2 N–H and O–H groups in total. The molecule has 0 bridgehead atoms. The standard InChI is InChI=1S/C17H25N3O/c1-11-4-5-13(17(21)18-3)9-16(11)19-14-8-12(2)20(10-14)15-6-7-15/h4-5,9,12,14-15,19H,6-8,10H2,1-3H3,(H,18,21). The molecular weight excluding hydrogens is 262 g/mol. The average molecular weight is 287 g/mol. The van der Waals surface area contributed by atoms with Gasteiger partial charge in [0.05, 0.1) is 0 Å². The van der Waals surface area contributed by atoms with Gasteiger partial charge in [-0.05, 0) is 50.8 Å². The molecule has 0 spiro atoms. The van der Waals surface area contributed by atoms with Crippen molar-refractivity contribution in [2.24, 2.45) is 0 Å². The fourth-order valence-corrected chi connectivity index (χ4v) is 3.36. The molecule has 3 rings (SSSR count). The first-order chi connectivity index (χ1) is 10.1. The third-order valence-electron chi connectivity index (χ3n) is 4.73. The van der Waals surface area contributed by atoms with Crippen LogP contribution in [-0.2, 0) is 0 Å². The Morgan fingerprint density at radius 3 is 2.76 bits per heavy atom. The van der Waals surface area contributed by atoms with E-state index in [0.29, 0.717) is 12.1 Å². The van der Waals surface area contributed by atoms with Crippen molar-refractivity contribution in [3.63, 3.8) is 0 Å². The zero-order chi connectivity index (χ0) is 15.0. The highest BCUT2D eigenvalue weighted by Crippen LogP contribution is 2.34. The van der Waals surface area contributed by atoms with Gasteiger partial charge in [0.15, 0.2) is 0 Å². The van der Waals surface area contributed by atoms with Crippen molar-refractivity contribution in [2.45, 2.75) is 51.2 Å². The molecule has 21 heavy (non-hydrogen) atoms. The minimum Gasteiger partial charge on any atom is -0.381 e. The Bertz CT molecular complexity index is 539. The van der Waals surface area contributed by atoms with Gasteiger partial charge in [0.2, 0.25) is 0 Å². The van der Waals surface area contributed by atoms with E-state index in [0.717, 1.165) is 23.8 Å². The van der Waals surface area contributed by atoms with Crippen LogP contribution in [-0.4, -0.2) is 42.5 Å². The lowest BCUT2D eigenvalue weighted by Gasteiger charge is -2.20. The van der Waals surface area contributed by atoms with E-state index in [1.54, 1.807) is 7.05 Å². The van der Waals surface area contributed by atoms with E-state index >= 15 is 0 Å². The SMILES string of the molecule is CNC(=O)c1ccc(C)c(NC2CC(C)N(C3CC3)C2)c1. The van der Waals surface area contributed by atoms with Crippen LogP contribution in [0.15, 0.2) is 18.2 Å². The number of hydrogen-bond donors (Lipinski definition) is 2. The molecule has 1 saturated carbocycles. The van der Waals surface area contributed by atoms with Crippen molar-refractivity contribution in [2.75, 3.05) is 18.9 Å². The second-order valence-electron chi connectivity index (χ2n) is 6.46. The summed E-state index contributed by atoms with van der Waals surface area (Å²) >= 11 is 0.